The van der Waals surface area contributed by atoms with Crippen LogP contribution in [0.5, 0.6) is 0 Å². The van der Waals surface area contributed by atoms with E-state index in [-0.39, 0.29) is 6.42 Å². The Kier molecular flexibility index (Phi) is 11.1. The molecule has 0 aromatic carbocycles. The molecule has 11 nitrogen and oxygen atoms in total. The third-order valence-electron chi connectivity index (χ3n) is 3.42. The number of hydrogen-bond donors (Lipinski definition) is 6. The van der Waals surface area contributed by atoms with Crippen molar-refractivity contribution in [1.82, 2.24) is 16.0 Å². The van der Waals surface area contributed by atoms with Crippen molar-refractivity contribution in [3.05, 3.63) is 0 Å². The number of aliphatic carboxylic acids is 1. The molecule has 0 aromatic heterocycles. The van der Waals surface area contributed by atoms with Crippen molar-refractivity contribution in [2.45, 2.75) is 50.9 Å². The van der Waals surface area contributed by atoms with Gasteiger partial charge in [0.05, 0.1) is 12.5 Å². The molecule has 0 bridgehead atoms. The van der Waals surface area contributed by atoms with Crippen LogP contribution in [-0.2, 0) is 24.0 Å². The van der Waals surface area contributed by atoms with E-state index < -0.39 is 60.2 Å². The Balaban J connectivity index is 5.22. The van der Waals surface area contributed by atoms with Crippen LogP contribution < -0.4 is 27.4 Å². The van der Waals surface area contributed by atoms with Gasteiger partial charge in [-0.25, -0.2) is 0 Å². The summed E-state index contributed by atoms with van der Waals surface area (Å²) in [5, 5.41) is 15.8. The van der Waals surface area contributed by atoms with E-state index in [0.29, 0.717) is 5.75 Å². The molecule has 0 aliphatic heterocycles. The van der Waals surface area contributed by atoms with Crippen LogP contribution >= 0.6 is 11.8 Å². The second kappa shape index (κ2) is 12.1. The summed E-state index contributed by atoms with van der Waals surface area (Å²) in [6.45, 7) is 2.68. The van der Waals surface area contributed by atoms with E-state index in [0.717, 1.165) is 0 Å². The molecule has 154 valence electrons. The number of nitrogens with one attached hydrogen (secondary N) is 3. The van der Waals surface area contributed by atoms with Gasteiger partial charge in [-0.05, 0) is 32.3 Å². The summed E-state index contributed by atoms with van der Waals surface area (Å²) in [5.41, 5.74) is 10.6. The van der Waals surface area contributed by atoms with Crippen LogP contribution in [0, 0.1) is 0 Å². The number of nitrogens with two attached hydrogens (primary N) is 2. The van der Waals surface area contributed by atoms with Gasteiger partial charge in [0.15, 0.2) is 0 Å². The number of thioether (sulfide) groups is 1. The minimum atomic E-state index is -1.37. The normalized spacial score (nSPS) is 15.0. The highest BCUT2D eigenvalue weighted by Gasteiger charge is 2.29. The van der Waals surface area contributed by atoms with Gasteiger partial charge in [-0.3, -0.25) is 24.0 Å². The molecule has 4 amide bonds. The predicted octanol–water partition coefficient (Wildman–Crippen LogP) is -2.48. The predicted molar refractivity (Wildman–Crippen MR) is 99.6 cm³/mol. The molecule has 4 unspecified atom stereocenters. The maximum Gasteiger partial charge on any atom is 0.325 e. The topological polar surface area (TPSA) is 194 Å². The van der Waals surface area contributed by atoms with Crippen LogP contribution in [0.4, 0.5) is 0 Å². The zero-order valence-electron chi connectivity index (χ0n) is 15.5. The molecule has 0 fully saturated rings. The van der Waals surface area contributed by atoms with E-state index in [1.54, 1.807) is 0 Å². The molecule has 0 aromatic rings. The van der Waals surface area contributed by atoms with E-state index in [1.807, 2.05) is 6.26 Å². The standard InChI is InChI=1S/C15H27N5O6S/c1-7(16)12(22)19-9(4-5-27-3)13(23)20-10(6-11(17)21)14(24)18-8(2)15(25)26/h7-10H,4-6,16H2,1-3H3,(H2,17,21)(H,18,24)(H,19,22)(H,20,23)(H,25,26). The summed E-state index contributed by atoms with van der Waals surface area (Å²) >= 11 is 1.45. The highest BCUT2D eigenvalue weighted by Crippen LogP contribution is 2.03. The van der Waals surface area contributed by atoms with Gasteiger partial charge in [0.1, 0.15) is 18.1 Å². The fraction of sp³-hybridized carbons (Fsp3) is 0.667. The quantitative estimate of drug-likeness (QED) is 0.205. The lowest BCUT2D eigenvalue weighted by Crippen LogP contribution is -2.57. The first kappa shape index (κ1) is 24.7. The maximum absolute atomic E-state index is 12.5. The van der Waals surface area contributed by atoms with Gasteiger partial charge in [0.2, 0.25) is 23.6 Å². The van der Waals surface area contributed by atoms with Crippen molar-refractivity contribution in [3.8, 4) is 0 Å². The number of amides is 4. The Morgan fingerprint density at radius 3 is 1.93 bits per heavy atom. The second-order valence-electron chi connectivity index (χ2n) is 5.93. The van der Waals surface area contributed by atoms with Crippen LogP contribution in [0.2, 0.25) is 0 Å². The summed E-state index contributed by atoms with van der Waals surface area (Å²) in [4.78, 5) is 58.6. The number of hydrogen-bond acceptors (Lipinski definition) is 7. The molecule has 0 heterocycles. The van der Waals surface area contributed by atoms with Crippen LogP contribution in [0.1, 0.15) is 26.7 Å². The van der Waals surface area contributed by atoms with Crippen molar-refractivity contribution in [3.63, 3.8) is 0 Å². The number of carbonyl (C=O) groups excluding carboxylic acids is 4. The smallest absolute Gasteiger partial charge is 0.325 e. The first-order chi connectivity index (χ1) is 12.5. The van der Waals surface area contributed by atoms with Gasteiger partial charge >= 0.3 is 5.97 Å². The number of rotatable bonds is 12. The van der Waals surface area contributed by atoms with E-state index in [2.05, 4.69) is 16.0 Å². The van der Waals surface area contributed by atoms with Crippen molar-refractivity contribution >= 4 is 41.4 Å². The first-order valence-corrected chi connectivity index (χ1v) is 9.55. The second-order valence-corrected chi connectivity index (χ2v) is 6.92. The van der Waals surface area contributed by atoms with E-state index >= 15 is 0 Å². The molecule has 0 aliphatic carbocycles. The van der Waals surface area contributed by atoms with Gasteiger partial charge in [-0.1, -0.05) is 0 Å². The summed E-state index contributed by atoms with van der Waals surface area (Å²) in [5.74, 6) is -3.73. The summed E-state index contributed by atoms with van der Waals surface area (Å²) < 4.78 is 0. The average Bonchev–Trinajstić information content (AvgIpc) is 2.56. The lowest BCUT2D eigenvalue weighted by molar-refractivity contribution is -0.142. The van der Waals surface area contributed by atoms with E-state index in [9.17, 15) is 24.0 Å². The molecular formula is C15H27N5O6S. The number of carbonyl (C=O) groups is 5. The summed E-state index contributed by atoms with van der Waals surface area (Å²) in [6.07, 6.45) is 1.56. The molecule has 4 atom stereocenters. The van der Waals surface area contributed by atoms with Crippen molar-refractivity contribution in [1.29, 1.82) is 0 Å². The largest absolute Gasteiger partial charge is 0.480 e. The van der Waals surface area contributed by atoms with Gasteiger partial charge < -0.3 is 32.5 Å². The zero-order valence-corrected chi connectivity index (χ0v) is 16.3. The molecule has 12 heteroatoms. The third-order valence-corrected chi connectivity index (χ3v) is 4.07. The van der Waals surface area contributed by atoms with E-state index in [1.165, 1.54) is 25.6 Å². The minimum absolute atomic E-state index is 0.266. The van der Waals surface area contributed by atoms with Gasteiger partial charge in [0.25, 0.3) is 0 Å². The Labute approximate surface area is 161 Å². The zero-order chi connectivity index (χ0) is 21.1. The molecule has 0 radical (unpaired) electrons. The fourth-order valence-corrected chi connectivity index (χ4v) is 2.34. The first-order valence-electron chi connectivity index (χ1n) is 8.16. The van der Waals surface area contributed by atoms with Crippen LogP contribution in [0.15, 0.2) is 0 Å². The molecule has 8 N–H and O–H groups in total. The highest BCUT2D eigenvalue weighted by molar-refractivity contribution is 7.98. The van der Waals surface area contributed by atoms with Gasteiger partial charge in [-0.15, -0.1) is 0 Å². The SMILES string of the molecule is CSCCC(NC(=O)C(C)N)C(=O)NC(CC(N)=O)C(=O)NC(C)C(=O)O. The van der Waals surface area contributed by atoms with Gasteiger partial charge in [0, 0.05) is 0 Å². The van der Waals surface area contributed by atoms with E-state index in [4.69, 9.17) is 16.6 Å². The van der Waals surface area contributed by atoms with Crippen LogP contribution in [-0.4, -0.2) is 70.9 Å². The molecule has 0 spiro atoms. The van der Waals surface area contributed by atoms with Crippen LogP contribution in [0.25, 0.3) is 0 Å². The van der Waals surface area contributed by atoms with Crippen molar-refractivity contribution in [2.75, 3.05) is 12.0 Å². The Morgan fingerprint density at radius 2 is 1.48 bits per heavy atom. The Morgan fingerprint density at radius 1 is 0.963 bits per heavy atom. The summed E-state index contributed by atoms with van der Waals surface area (Å²) in [6, 6.07) is -4.41. The molecule has 0 saturated heterocycles. The Bertz CT molecular complexity index is 571. The highest BCUT2D eigenvalue weighted by atomic mass is 32.2. The van der Waals surface area contributed by atoms with Crippen molar-refractivity contribution < 1.29 is 29.1 Å². The minimum Gasteiger partial charge on any atom is -0.480 e. The molecule has 27 heavy (non-hydrogen) atoms. The molecular weight excluding hydrogens is 378 g/mol. The monoisotopic (exact) mass is 405 g/mol. The Hall–Kier alpha value is -2.34. The number of carboxylic acid groups (broad SMARTS) is 1. The number of primary amides is 1. The van der Waals surface area contributed by atoms with Gasteiger partial charge in [-0.2, -0.15) is 11.8 Å². The average molecular weight is 405 g/mol. The molecule has 0 aliphatic rings. The third kappa shape index (κ3) is 9.80. The maximum atomic E-state index is 12.5. The molecule has 0 saturated carbocycles. The lowest BCUT2D eigenvalue weighted by atomic mass is 10.1. The molecule has 0 rings (SSSR count). The van der Waals surface area contributed by atoms with Crippen LogP contribution in [0.3, 0.4) is 0 Å². The van der Waals surface area contributed by atoms with Crippen molar-refractivity contribution in [2.24, 2.45) is 11.5 Å². The number of carboxylic acids is 1. The fourth-order valence-electron chi connectivity index (χ4n) is 1.87. The summed E-state index contributed by atoms with van der Waals surface area (Å²) in [7, 11) is 0. The lowest BCUT2D eigenvalue weighted by Gasteiger charge is -2.23.